The highest BCUT2D eigenvalue weighted by Gasteiger charge is 2.23. The van der Waals surface area contributed by atoms with Crippen LogP contribution in [0.2, 0.25) is 0 Å². The highest BCUT2D eigenvalue weighted by atomic mass is 32.2. The van der Waals surface area contributed by atoms with Crippen LogP contribution in [0.5, 0.6) is 0 Å². The van der Waals surface area contributed by atoms with Crippen molar-refractivity contribution >= 4 is 45.1 Å². The molecule has 0 fully saturated rings. The minimum absolute atomic E-state index is 0.979. The Hall–Kier alpha value is -4.47. The van der Waals surface area contributed by atoms with Crippen LogP contribution in [0.4, 0.5) is 11.4 Å². The third kappa shape index (κ3) is 3.89. The van der Waals surface area contributed by atoms with Gasteiger partial charge in [-0.3, -0.25) is 4.31 Å². The van der Waals surface area contributed by atoms with Gasteiger partial charge >= 0.3 is 0 Å². The SMILES string of the molecule is C1=CCCC(SN(c2ccccc2)c2ccc3c(c2)-c2cc(-n4c5ccccc5c5ccccc54)ccc2C3)=C1. The summed E-state index contributed by atoms with van der Waals surface area (Å²) in [6, 6.07) is 42.3. The van der Waals surface area contributed by atoms with Gasteiger partial charge in [-0.05, 0) is 102 Å². The van der Waals surface area contributed by atoms with Gasteiger partial charge in [0, 0.05) is 21.4 Å². The third-order valence-electron chi connectivity index (χ3n) is 8.11. The molecule has 0 atom stereocenters. The van der Waals surface area contributed by atoms with Crippen molar-refractivity contribution in [3.05, 3.63) is 150 Å². The largest absolute Gasteiger partial charge is 0.309 e. The Morgan fingerprint density at radius 3 is 2.02 bits per heavy atom. The van der Waals surface area contributed by atoms with E-state index in [0.29, 0.717) is 0 Å². The predicted molar refractivity (Wildman–Crippen MR) is 172 cm³/mol. The molecule has 5 aromatic carbocycles. The smallest absolute Gasteiger partial charge is 0.0541 e. The standard InChI is InChI=1S/C37H28N2S/c1-3-11-28(12-4-1)39(40-31-13-5-2-6-14-31)30-22-20-27-23-26-19-21-29(24-34(26)35(27)25-30)38-36-17-9-7-15-32(36)33-16-8-10-18-37(33)38/h1-5,7-13,15-22,24-25H,6,14,23H2. The van der Waals surface area contributed by atoms with E-state index in [2.05, 4.69) is 142 Å². The first kappa shape index (κ1) is 23.4. The molecule has 0 bridgehead atoms. The summed E-state index contributed by atoms with van der Waals surface area (Å²) in [6.07, 6.45) is 9.85. The lowest BCUT2D eigenvalue weighted by atomic mass is 10.0. The lowest BCUT2D eigenvalue weighted by molar-refractivity contribution is 1.02. The van der Waals surface area contributed by atoms with Gasteiger partial charge in [0.2, 0.25) is 0 Å². The Labute approximate surface area is 239 Å². The first-order valence-corrected chi connectivity index (χ1v) is 14.7. The Balaban J connectivity index is 1.25. The first-order chi connectivity index (χ1) is 19.8. The quantitative estimate of drug-likeness (QED) is 0.204. The van der Waals surface area contributed by atoms with Crippen molar-refractivity contribution in [2.24, 2.45) is 0 Å². The minimum atomic E-state index is 0.979. The second kappa shape index (κ2) is 9.62. The molecule has 0 N–H and O–H groups in total. The number of para-hydroxylation sites is 3. The fourth-order valence-electron chi connectivity index (χ4n) is 6.20. The van der Waals surface area contributed by atoms with Crippen molar-refractivity contribution in [3.63, 3.8) is 0 Å². The summed E-state index contributed by atoms with van der Waals surface area (Å²) in [7, 11) is 0. The van der Waals surface area contributed by atoms with Gasteiger partial charge in [0.25, 0.3) is 0 Å². The van der Waals surface area contributed by atoms with E-state index in [4.69, 9.17) is 0 Å². The fraction of sp³-hybridized carbons (Fsp3) is 0.0811. The van der Waals surface area contributed by atoms with Gasteiger partial charge in [0.05, 0.1) is 22.4 Å². The summed E-state index contributed by atoms with van der Waals surface area (Å²) in [5.74, 6) is 0. The average molecular weight is 533 g/mol. The molecular weight excluding hydrogens is 504 g/mol. The number of allylic oxidation sites excluding steroid dienone is 4. The maximum absolute atomic E-state index is 2.42. The molecule has 3 heteroatoms. The number of aromatic nitrogens is 1. The van der Waals surface area contributed by atoms with E-state index >= 15 is 0 Å². The molecule has 40 heavy (non-hydrogen) atoms. The number of anilines is 2. The summed E-state index contributed by atoms with van der Waals surface area (Å²) >= 11 is 1.84. The zero-order valence-corrected chi connectivity index (χ0v) is 22.9. The van der Waals surface area contributed by atoms with Gasteiger partial charge in [-0.1, -0.05) is 85.0 Å². The van der Waals surface area contributed by atoms with Crippen molar-refractivity contribution < 1.29 is 0 Å². The number of fused-ring (bicyclic) bond motifs is 6. The van der Waals surface area contributed by atoms with Gasteiger partial charge in [0.15, 0.2) is 0 Å². The summed E-state index contributed by atoms with van der Waals surface area (Å²) in [4.78, 5) is 1.39. The van der Waals surface area contributed by atoms with Crippen LogP contribution in [0.1, 0.15) is 24.0 Å². The van der Waals surface area contributed by atoms with Gasteiger partial charge < -0.3 is 4.57 Å². The summed E-state index contributed by atoms with van der Waals surface area (Å²) in [5.41, 5.74) is 11.6. The summed E-state index contributed by atoms with van der Waals surface area (Å²) in [6.45, 7) is 0. The zero-order valence-electron chi connectivity index (χ0n) is 22.1. The molecule has 0 spiro atoms. The number of nitrogens with zero attached hydrogens (tertiary/aromatic N) is 2. The van der Waals surface area contributed by atoms with Crippen molar-refractivity contribution in [2.75, 3.05) is 4.31 Å². The molecule has 0 radical (unpaired) electrons. The molecule has 8 rings (SSSR count). The minimum Gasteiger partial charge on any atom is -0.309 e. The maximum Gasteiger partial charge on any atom is 0.0541 e. The van der Waals surface area contributed by atoms with E-state index in [9.17, 15) is 0 Å². The summed E-state index contributed by atoms with van der Waals surface area (Å²) in [5, 5.41) is 2.59. The Kier molecular flexibility index (Phi) is 5.63. The molecule has 2 nitrogen and oxygen atoms in total. The van der Waals surface area contributed by atoms with Crippen LogP contribution < -0.4 is 4.31 Å². The number of rotatable bonds is 5. The Morgan fingerprint density at radius 2 is 1.30 bits per heavy atom. The van der Waals surface area contributed by atoms with Crippen LogP contribution >= 0.6 is 11.9 Å². The summed E-state index contributed by atoms with van der Waals surface area (Å²) < 4.78 is 4.81. The van der Waals surface area contributed by atoms with E-state index in [1.807, 2.05) is 11.9 Å². The van der Waals surface area contributed by atoms with Crippen LogP contribution in [0.3, 0.4) is 0 Å². The Bertz CT molecular complexity index is 1910. The van der Waals surface area contributed by atoms with E-state index in [0.717, 1.165) is 19.3 Å². The highest BCUT2D eigenvalue weighted by Crippen LogP contribution is 2.45. The molecule has 192 valence electrons. The van der Waals surface area contributed by atoms with Crippen molar-refractivity contribution in [2.45, 2.75) is 19.3 Å². The molecule has 1 heterocycles. The monoisotopic (exact) mass is 532 g/mol. The molecule has 0 amide bonds. The average Bonchev–Trinajstić information content (AvgIpc) is 3.56. The zero-order chi connectivity index (χ0) is 26.5. The molecular formula is C37H28N2S. The molecule has 1 aromatic heterocycles. The molecule has 2 aliphatic rings. The van der Waals surface area contributed by atoms with Crippen molar-refractivity contribution in [1.82, 2.24) is 4.57 Å². The molecule has 0 unspecified atom stereocenters. The number of hydrogen-bond donors (Lipinski definition) is 0. The molecule has 0 saturated heterocycles. The second-order valence-corrected chi connectivity index (χ2v) is 11.6. The van der Waals surface area contributed by atoms with Crippen LogP contribution in [-0.4, -0.2) is 4.57 Å². The van der Waals surface area contributed by atoms with Gasteiger partial charge in [0.1, 0.15) is 0 Å². The van der Waals surface area contributed by atoms with Crippen LogP contribution in [0.25, 0.3) is 38.6 Å². The number of benzene rings is 5. The topological polar surface area (TPSA) is 8.17 Å². The van der Waals surface area contributed by atoms with Crippen LogP contribution in [0.15, 0.2) is 138 Å². The van der Waals surface area contributed by atoms with E-state index < -0.39 is 0 Å². The number of hydrogen-bond acceptors (Lipinski definition) is 2. The predicted octanol–water partition coefficient (Wildman–Crippen LogP) is 10.4. The fourth-order valence-corrected chi connectivity index (χ4v) is 7.23. The van der Waals surface area contributed by atoms with Crippen LogP contribution in [-0.2, 0) is 6.42 Å². The van der Waals surface area contributed by atoms with Gasteiger partial charge in [-0.25, -0.2) is 0 Å². The van der Waals surface area contributed by atoms with Crippen molar-refractivity contribution in [1.29, 1.82) is 0 Å². The lowest BCUT2D eigenvalue weighted by Crippen LogP contribution is -2.08. The van der Waals surface area contributed by atoms with Crippen LogP contribution in [0, 0.1) is 0 Å². The highest BCUT2D eigenvalue weighted by molar-refractivity contribution is 8.04. The lowest BCUT2D eigenvalue weighted by Gasteiger charge is -2.26. The van der Waals surface area contributed by atoms with Gasteiger partial charge in [-0.2, -0.15) is 0 Å². The normalized spacial score (nSPS) is 13.8. The van der Waals surface area contributed by atoms with E-state index in [-0.39, 0.29) is 0 Å². The second-order valence-electron chi connectivity index (χ2n) is 10.6. The van der Waals surface area contributed by atoms with Gasteiger partial charge in [-0.15, -0.1) is 0 Å². The Morgan fingerprint density at radius 1 is 0.625 bits per heavy atom. The molecule has 6 aromatic rings. The van der Waals surface area contributed by atoms with Crippen molar-refractivity contribution in [3.8, 4) is 16.8 Å². The molecule has 0 aliphatic heterocycles. The first-order valence-electron chi connectivity index (χ1n) is 14.0. The maximum atomic E-state index is 2.42. The third-order valence-corrected chi connectivity index (χ3v) is 9.28. The van der Waals surface area contributed by atoms with E-state index in [1.165, 1.54) is 66.0 Å². The molecule has 0 saturated carbocycles. The van der Waals surface area contributed by atoms with E-state index in [1.54, 1.807) is 0 Å². The molecule has 2 aliphatic carbocycles.